The first-order valence-corrected chi connectivity index (χ1v) is 7.29. The summed E-state index contributed by atoms with van der Waals surface area (Å²) in [4.78, 5) is 16.2. The quantitative estimate of drug-likeness (QED) is 0.735. The van der Waals surface area contributed by atoms with Crippen molar-refractivity contribution >= 4 is 16.9 Å². The third kappa shape index (κ3) is 3.21. The van der Waals surface area contributed by atoms with Crippen molar-refractivity contribution in [1.29, 1.82) is 0 Å². The highest BCUT2D eigenvalue weighted by molar-refractivity contribution is 5.94. The van der Waals surface area contributed by atoms with Crippen molar-refractivity contribution in [2.24, 2.45) is 0 Å². The van der Waals surface area contributed by atoms with Gasteiger partial charge in [0.2, 0.25) is 0 Å². The number of halogens is 2. The Hall–Kier alpha value is -2.76. The zero-order valence-corrected chi connectivity index (χ0v) is 12.3. The van der Waals surface area contributed by atoms with Crippen LogP contribution in [0.5, 0.6) is 0 Å². The summed E-state index contributed by atoms with van der Waals surface area (Å²) in [5, 5.41) is 3.58. The molecule has 0 aliphatic rings. The molecule has 0 spiro atoms. The summed E-state index contributed by atoms with van der Waals surface area (Å²) < 4.78 is 29.0. The van der Waals surface area contributed by atoms with E-state index in [0.717, 1.165) is 23.2 Å². The minimum atomic E-state index is -0.858. The fourth-order valence-corrected chi connectivity index (χ4v) is 2.46. The highest BCUT2D eigenvalue weighted by Crippen LogP contribution is 2.13. The van der Waals surface area contributed by atoms with Gasteiger partial charge in [-0.1, -0.05) is 6.07 Å². The van der Waals surface area contributed by atoms with Gasteiger partial charge in [0.15, 0.2) is 0 Å². The van der Waals surface area contributed by atoms with E-state index in [-0.39, 0.29) is 0 Å². The molecule has 0 bridgehead atoms. The molecule has 2 aromatic heterocycles. The van der Waals surface area contributed by atoms with Crippen molar-refractivity contribution in [3.8, 4) is 0 Å². The van der Waals surface area contributed by atoms with Gasteiger partial charge in [0, 0.05) is 30.9 Å². The molecule has 0 saturated heterocycles. The Morgan fingerprint density at radius 2 is 1.91 bits per heavy atom. The number of nitrogens with zero attached hydrogens (tertiary/aromatic N) is 2. The third-order valence-corrected chi connectivity index (χ3v) is 3.57. The maximum Gasteiger partial charge on any atom is 0.257 e. The number of benzene rings is 1. The van der Waals surface area contributed by atoms with Crippen LogP contribution in [0.4, 0.5) is 8.78 Å². The lowest BCUT2D eigenvalue weighted by molar-refractivity contribution is 0.0944. The zero-order chi connectivity index (χ0) is 16.2. The van der Waals surface area contributed by atoms with Crippen LogP contribution in [0.3, 0.4) is 0 Å². The van der Waals surface area contributed by atoms with Gasteiger partial charge >= 0.3 is 0 Å². The number of aromatic nitrogens is 2. The lowest BCUT2D eigenvalue weighted by Crippen LogP contribution is -2.27. The molecule has 4 nitrogen and oxygen atoms in total. The molecular weight excluding hydrogens is 300 g/mol. The lowest BCUT2D eigenvalue weighted by Gasteiger charge is -2.08. The Balaban J connectivity index is 1.57. The predicted molar refractivity (Wildman–Crippen MR) is 83.0 cm³/mol. The monoisotopic (exact) mass is 315 g/mol. The van der Waals surface area contributed by atoms with Crippen LogP contribution >= 0.6 is 0 Å². The Morgan fingerprint density at radius 3 is 2.70 bits per heavy atom. The maximum absolute atomic E-state index is 13.5. The largest absolute Gasteiger partial charge is 0.352 e. The molecule has 3 rings (SSSR count). The fourth-order valence-electron chi connectivity index (χ4n) is 2.46. The molecule has 0 fully saturated rings. The summed E-state index contributed by atoms with van der Waals surface area (Å²) >= 11 is 0. The summed E-state index contributed by atoms with van der Waals surface area (Å²) in [6.45, 7) is 0.972. The minimum Gasteiger partial charge on any atom is -0.352 e. The van der Waals surface area contributed by atoms with Crippen LogP contribution in [0.2, 0.25) is 0 Å². The number of fused-ring (bicyclic) bond motifs is 1. The van der Waals surface area contributed by atoms with E-state index in [4.69, 9.17) is 0 Å². The standard InChI is InChI=1S/C17H15F2N3O/c18-13-5-1-6-14(19)15(13)17(23)21-9-3-10-22-11-7-12-4-2-8-20-16(12)22/h1-2,4-8,11H,3,9-10H2,(H,21,23). The molecule has 0 atom stereocenters. The van der Waals surface area contributed by atoms with Crippen molar-refractivity contribution in [3.63, 3.8) is 0 Å². The summed E-state index contributed by atoms with van der Waals surface area (Å²) in [5.74, 6) is -2.46. The average molecular weight is 315 g/mol. The van der Waals surface area contributed by atoms with Crippen molar-refractivity contribution in [3.05, 3.63) is 66.0 Å². The van der Waals surface area contributed by atoms with E-state index >= 15 is 0 Å². The van der Waals surface area contributed by atoms with Crippen LogP contribution in [0.15, 0.2) is 48.8 Å². The van der Waals surface area contributed by atoms with E-state index in [2.05, 4.69) is 10.3 Å². The molecule has 118 valence electrons. The third-order valence-electron chi connectivity index (χ3n) is 3.57. The van der Waals surface area contributed by atoms with E-state index in [1.807, 2.05) is 29.0 Å². The van der Waals surface area contributed by atoms with Gasteiger partial charge < -0.3 is 9.88 Å². The number of hydrogen-bond donors (Lipinski definition) is 1. The number of rotatable bonds is 5. The first-order valence-electron chi connectivity index (χ1n) is 7.29. The summed E-state index contributed by atoms with van der Waals surface area (Å²) in [6, 6.07) is 9.17. The predicted octanol–water partition coefficient (Wildman–Crippen LogP) is 3.13. The zero-order valence-electron chi connectivity index (χ0n) is 12.3. The summed E-state index contributed by atoms with van der Waals surface area (Å²) in [6.07, 6.45) is 4.28. The Bertz CT molecular complexity index is 824. The van der Waals surface area contributed by atoms with Crippen molar-refractivity contribution in [2.75, 3.05) is 6.54 Å². The number of amides is 1. The number of pyridine rings is 1. The number of hydrogen-bond acceptors (Lipinski definition) is 2. The molecule has 1 aromatic carbocycles. The van der Waals surface area contributed by atoms with Crippen LogP contribution < -0.4 is 5.32 Å². The van der Waals surface area contributed by atoms with Crippen molar-refractivity contribution < 1.29 is 13.6 Å². The van der Waals surface area contributed by atoms with Crippen LogP contribution in [-0.2, 0) is 6.54 Å². The van der Waals surface area contributed by atoms with Crippen molar-refractivity contribution in [1.82, 2.24) is 14.9 Å². The van der Waals surface area contributed by atoms with E-state index in [9.17, 15) is 13.6 Å². The Morgan fingerprint density at radius 1 is 1.13 bits per heavy atom. The molecule has 2 heterocycles. The van der Waals surface area contributed by atoms with Crippen molar-refractivity contribution in [2.45, 2.75) is 13.0 Å². The van der Waals surface area contributed by atoms with Gasteiger partial charge in [-0.05, 0) is 36.8 Å². The summed E-state index contributed by atoms with van der Waals surface area (Å²) in [5.41, 5.74) is 0.333. The average Bonchev–Trinajstić information content (AvgIpc) is 2.95. The molecule has 1 amide bonds. The number of aryl methyl sites for hydroxylation is 1. The van der Waals surface area contributed by atoms with Crippen LogP contribution in [0.1, 0.15) is 16.8 Å². The van der Waals surface area contributed by atoms with Gasteiger partial charge in [-0.25, -0.2) is 13.8 Å². The SMILES string of the molecule is O=C(NCCCn1ccc2cccnc21)c1c(F)cccc1F. The molecule has 6 heteroatoms. The van der Waals surface area contributed by atoms with E-state index in [1.54, 1.807) is 6.20 Å². The van der Waals surface area contributed by atoms with E-state index in [1.165, 1.54) is 6.07 Å². The molecule has 0 radical (unpaired) electrons. The second-order valence-corrected chi connectivity index (χ2v) is 5.13. The number of carbonyl (C=O) groups is 1. The number of nitrogens with one attached hydrogen (secondary N) is 1. The van der Waals surface area contributed by atoms with Crippen LogP contribution in [-0.4, -0.2) is 22.0 Å². The fraction of sp³-hybridized carbons (Fsp3) is 0.176. The van der Waals surface area contributed by atoms with Gasteiger partial charge in [0.05, 0.1) is 0 Å². The Labute approximate surface area is 131 Å². The van der Waals surface area contributed by atoms with Gasteiger partial charge in [-0.15, -0.1) is 0 Å². The smallest absolute Gasteiger partial charge is 0.257 e. The molecule has 0 saturated carbocycles. The molecule has 0 aliphatic heterocycles. The van der Waals surface area contributed by atoms with Gasteiger partial charge in [0.1, 0.15) is 22.8 Å². The maximum atomic E-state index is 13.5. The molecule has 23 heavy (non-hydrogen) atoms. The van der Waals surface area contributed by atoms with Gasteiger partial charge in [-0.3, -0.25) is 4.79 Å². The van der Waals surface area contributed by atoms with Gasteiger partial charge in [-0.2, -0.15) is 0 Å². The Kier molecular flexibility index (Phi) is 4.32. The molecule has 1 N–H and O–H groups in total. The topological polar surface area (TPSA) is 46.9 Å². The molecule has 0 aliphatic carbocycles. The van der Waals surface area contributed by atoms with Crippen LogP contribution in [0.25, 0.3) is 11.0 Å². The first-order chi connectivity index (χ1) is 11.2. The van der Waals surface area contributed by atoms with E-state index in [0.29, 0.717) is 19.5 Å². The molecular formula is C17H15F2N3O. The lowest BCUT2D eigenvalue weighted by atomic mass is 10.2. The highest BCUT2D eigenvalue weighted by Gasteiger charge is 2.16. The summed E-state index contributed by atoms with van der Waals surface area (Å²) in [7, 11) is 0. The minimum absolute atomic E-state index is 0.319. The second kappa shape index (κ2) is 6.56. The van der Waals surface area contributed by atoms with E-state index < -0.39 is 23.1 Å². The second-order valence-electron chi connectivity index (χ2n) is 5.13. The van der Waals surface area contributed by atoms with Crippen LogP contribution in [0, 0.1) is 11.6 Å². The highest BCUT2D eigenvalue weighted by atomic mass is 19.1. The normalized spacial score (nSPS) is 10.9. The van der Waals surface area contributed by atoms with Gasteiger partial charge in [0.25, 0.3) is 5.91 Å². The molecule has 0 unspecified atom stereocenters. The number of carbonyl (C=O) groups excluding carboxylic acids is 1. The molecule has 3 aromatic rings. The first kappa shape index (κ1) is 15.1.